The minimum atomic E-state index is -1.70. The van der Waals surface area contributed by atoms with Gasteiger partial charge in [0, 0.05) is 0 Å². The van der Waals surface area contributed by atoms with E-state index in [4.69, 9.17) is 14.3 Å². The molecule has 0 bridgehead atoms. The number of β-lactam (4-membered cyclic amide) rings is 1. The third kappa shape index (κ3) is 7.41. The van der Waals surface area contributed by atoms with Crippen molar-refractivity contribution in [3.8, 4) is 0 Å². The van der Waals surface area contributed by atoms with Crippen LogP contribution in [0.4, 0.5) is 4.79 Å². The third-order valence-electron chi connectivity index (χ3n) is 6.12. The van der Waals surface area contributed by atoms with Gasteiger partial charge in [0.15, 0.2) is 5.60 Å². The summed E-state index contributed by atoms with van der Waals surface area (Å²) in [6.07, 6.45) is -0.931. The fourth-order valence-corrected chi connectivity index (χ4v) is 3.90. The van der Waals surface area contributed by atoms with Crippen molar-refractivity contribution in [3.63, 3.8) is 0 Å². The number of rotatable bonds is 12. The number of amides is 2. The molecule has 3 aromatic rings. The summed E-state index contributed by atoms with van der Waals surface area (Å²) >= 11 is 0. The van der Waals surface area contributed by atoms with E-state index in [0.29, 0.717) is 0 Å². The fraction of sp³-hybridized carbons (Fsp3) is 0.276. The normalized spacial score (nSPS) is 17.3. The van der Waals surface area contributed by atoms with Gasteiger partial charge < -0.3 is 19.9 Å². The molecule has 2 N–H and O–H groups in total. The Morgan fingerprint density at radius 1 is 0.816 bits per heavy atom. The van der Waals surface area contributed by atoms with Gasteiger partial charge in [0.05, 0.1) is 6.54 Å². The molecule has 0 aromatic heterocycles. The lowest BCUT2D eigenvalue weighted by molar-refractivity contribution is -0.258. The highest BCUT2D eigenvalue weighted by atomic mass is 16.7. The molecule has 0 unspecified atom stereocenters. The Hall–Kier alpha value is -4.21. The molecule has 9 nitrogen and oxygen atoms in total. The Balaban J connectivity index is 1.31. The number of nitrogens with zero attached hydrogens (tertiary/aromatic N) is 1. The summed E-state index contributed by atoms with van der Waals surface area (Å²) in [5.41, 5.74) is 0.751. The first-order chi connectivity index (χ1) is 18.4. The maximum absolute atomic E-state index is 12.9. The Labute approximate surface area is 220 Å². The Morgan fingerprint density at radius 2 is 1.32 bits per heavy atom. The van der Waals surface area contributed by atoms with Crippen molar-refractivity contribution in [2.24, 2.45) is 0 Å². The first-order valence-corrected chi connectivity index (χ1v) is 12.3. The molecule has 1 aliphatic heterocycles. The van der Waals surface area contributed by atoms with E-state index in [-0.39, 0.29) is 39.2 Å². The van der Waals surface area contributed by atoms with Gasteiger partial charge in [-0.3, -0.25) is 9.63 Å². The molecular weight excluding hydrogens is 488 g/mol. The first kappa shape index (κ1) is 26.8. The summed E-state index contributed by atoms with van der Waals surface area (Å²) in [5, 5.41) is 14.4. The van der Waals surface area contributed by atoms with E-state index in [2.05, 4.69) is 5.32 Å². The van der Waals surface area contributed by atoms with E-state index in [9.17, 15) is 19.5 Å². The predicted molar refractivity (Wildman–Crippen MR) is 137 cm³/mol. The van der Waals surface area contributed by atoms with Crippen LogP contribution >= 0.6 is 0 Å². The molecular formula is C29H30N2O7. The lowest BCUT2D eigenvalue weighted by Crippen LogP contribution is -2.66. The monoisotopic (exact) mass is 518 g/mol. The average Bonchev–Trinajstić information content (AvgIpc) is 2.96. The minimum absolute atomic E-state index is 0.0151. The van der Waals surface area contributed by atoms with Gasteiger partial charge in [-0.25, -0.2) is 14.7 Å². The zero-order chi connectivity index (χ0) is 26.8. The molecule has 38 heavy (non-hydrogen) atoms. The van der Waals surface area contributed by atoms with Crippen molar-refractivity contribution in [3.05, 3.63) is 108 Å². The number of hydrogen-bond donors (Lipinski definition) is 2. The number of esters is 1. The standard InChI is InChI=1S/C29H30N2O7/c32-26(36-18-22-10-4-1-5-11-22)25(30-28(34)37-19-23-12-6-2-7-13-23)16-17-29(35)21-31(27(29)33)38-20-24-14-8-3-9-15-24/h1-15,25,35H,16-21H2,(H,30,34)/t25-,29-/m0/s1. The van der Waals surface area contributed by atoms with Crippen LogP contribution in [-0.4, -0.2) is 46.3 Å². The number of hydrogen-bond acceptors (Lipinski definition) is 7. The molecule has 0 radical (unpaired) electrons. The van der Waals surface area contributed by atoms with E-state index in [1.807, 2.05) is 91.0 Å². The summed E-state index contributed by atoms with van der Waals surface area (Å²) in [6, 6.07) is 26.4. The second kappa shape index (κ2) is 12.8. The van der Waals surface area contributed by atoms with Crippen LogP contribution in [0.1, 0.15) is 29.5 Å². The van der Waals surface area contributed by atoms with Gasteiger partial charge in [0.25, 0.3) is 5.91 Å². The number of β-amino-alcohol motifs (C(OH)–C–C–N with tert-alkyl or cyclic N) is 1. The average molecular weight is 519 g/mol. The van der Waals surface area contributed by atoms with Crippen LogP contribution < -0.4 is 5.32 Å². The van der Waals surface area contributed by atoms with Gasteiger partial charge >= 0.3 is 12.1 Å². The number of nitrogens with one attached hydrogen (secondary N) is 1. The van der Waals surface area contributed by atoms with Crippen molar-refractivity contribution in [1.82, 2.24) is 10.4 Å². The minimum Gasteiger partial charge on any atom is -0.459 e. The Kier molecular flexibility index (Phi) is 9.07. The molecule has 3 aromatic carbocycles. The van der Waals surface area contributed by atoms with Gasteiger partial charge in [-0.05, 0) is 29.5 Å². The maximum atomic E-state index is 12.9. The summed E-state index contributed by atoms with van der Waals surface area (Å²) in [6.45, 7) is 0.171. The highest BCUT2D eigenvalue weighted by Crippen LogP contribution is 2.29. The number of hydroxylamine groups is 2. The molecule has 0 spiro atoms. The van der Waals surface area contributed by atoms with Crippen molar-refractivity contribution >= 4 is 18.0 Å². The maximum Gasteiger partial charge on any atom is 0.408 e. The summed E-state index contributed by atoms with van der Waals surface area (Å²) < 4.78 is 10.6. The Morgan fingerprint density at radius 3 is 1.84 bits per heavy atom. The molecule has 0 saturated carbocycles. The summed E-state index contributed by atoms with van der Waals surface area (Å²) in [4.78, 5) is 43.4. The van der Waals surface area contributed by atoms with E-state index in [1.165, 1.54) is 0 Å². The number of aliphatic hydroxyl groups is 1. The summed E-state index contributed by atoms with van der Waals surface area (Å²) in [7, 11) is 0. The van der Waals surface area contributed by atoms with Crippen molar-refractivity contribution in [2.75, 3.05) is 6.54 Å². The van der Waals surface area contributed by atoms with Gasteiger partial charge in [-0.15, -0.1) is 0 Å². The quantitative estimate of drug-likeness (QED) is 0.279. The van der Waals surface area contributed by atoms with E-state index in [1.54, 1.807) is 0 Å². The number of alkyl carbamates (subject to hydrolysis) is 1. The van der Waals surface area contributed by atoms with Gasteiger partial charge in [-0.2, -0.15) is 0 Å². The van der Waals surface area contributed by atoms with E-state index < -0.39 is 29.6 Å². The van der Waals surface area contributed by atoms with Crippen LogP contribution in [0, 0.1) is 0 Å². The lowest BCUT2D eigenvalue weighted by atomic mass is 9.88. The predicted octanol–water partition coefficient (Wildman–Crippen LogP) is 3.51. The van der Waals surface area contributed by atoms with Crippen LogP contribution in [0.5, 0.6) is 0 Å². The third-order valence-corrected chi connectivity index (χ3v) is 6.12. The zero-order valence-corrected chi connectivity index (χ0v) is 20.8. The molecule has 4 rings (SSSR count). The molecule has 2 atom stereocenters. The second-order valence-electron chi connectivity index (χ2n) is 9.02. The summed E-state index contributed by atoms with van der Waals surface area (Å²) in [5.74, 6) is -1.30. The number of carbonyl (C=O) groups is 3. The fourth-order valence-electron chi connectivity index (χ4n) is 3.90. The van der Waals surface area contributed by atoms with Crippen molar-refractivity contribution in [1.29, 1.82) is 0 Å². The molecule has 1 aliphatic rings. The van der Waals surface area contributed by atoms with Gasteiger partial charge in [0.2, 0.25) is 0 Å². The van der Waals surface area contributed by atoms with E-state index in [0.717, 1.165) is 21.8 Å². The van der Waals surface area contributed by atoms with Gasteiger partial charge in [0.1, 0.15) is 25.9 Å². The zero-order valence-electron chi connectivity index (χ0n) is 20.8. The number of carbonyl (C=O) groups excluding carboxylic acids is 3. The van der Waals surface area contributed by atoms with Crippen LogP contribution in [0.15, 0.2) is 91.0 Å². The topological polar surface area (TPSA) is 114 Å². The Bertz CT molecular complexity index is 1210. The van der Waals surface area contributed by atoms with Crippen molar-refractivity contribution < 1.29 is 33.8 Å². The van der Waals surface area contributed by atoms with Crippen LogP contribution in [-0.2, 0) is 43.7 Å². The molecule has 9 heteroatoms. The highest BCUT2D eigenvalue weighted by molar-refractivity contribution is 5.90. The van der Waals surface area contributed by atoms with Gasteiger partial charge in [-0.1, -0.05) is 91.0 Å². The highest BCUT2D eigenvalue weighted by Gasteiger charge is 2.52. The van der Waals surface area contributed by atoms with E-state index >= 15 is 0 Å². The molecule has 1 heterocycles. The molecule has 1 saturated heterocycles. The molecule has 198 valence electrons. The molecule has 1 fully saturated rings. The number of benzene rings is 3. The van der Waals surface area contributed by atoms with Crippen LogP contribution in [0.2, 0.25) is 0 Å². The SMILES string of the molecule is O=C(N[C@@H](CC[C@]1(O)CN(OCc2ccccc2)C1=O)C(=O)OCc1ccccc1)OCc1ccccc1. The first-order valence-electron chi connectivity index (χ1n) is 12.3. The smallest absolute Gasteiger partial charge is 0.408 e. The largest absolute Gasteiger partial charge is 0.459 e. The molecule has 2 amide bonds. The molecule has 0 aliphatic carbocycles. The van der Waals surface area contributed by atoms with Crippen LogP contribution in [0.25, 0.3) is 0 Å². The van der Waals surface area contributed by atoms with Crippen LogP contribution in [0.3, 0.4) is 0 Å². The lowest BCUT2D eigenvalue weighted by Gasteiger charge is -2.44. The second-order valence-corrected chi connectivity index (χ2v) is 9.02. The van der Waals surface area contributed by atoms with Crippen molar-refractivity contribution in [2.45, 2.75) is 44.3 Å². The number of ether oxygens (including phenoxy) is 2.